The van der Waals surface area contributed by atoms with E-state index in [9.17, 15) is 23.6 Å². The minimum absolute atomic E-state index is 0.0129. The molecule has 3 rings (SSSR count). The van der Waals surface area contributed by atoms with E-state index >= 15 is 0 Å². The van der Waals surface area contributed by atoms with Crippen molar-refractivity contribution < 1.29 is 28.3 Å². The lowest BCUT2D eigenvalue weighted by atomic mass is 10.1. The first-order valence-electron chi connectivity index (χ1n) is 8.39. The van der Waals surface area contributed by atoms with Crippen LogP contribution in [0.5, 0.6) is 0 Å². The first kappa shape index (κ1) is 22.0. The van der Waals surface area contributed by atoms with Crippen LogP contribution in [0.3, 0.4) is 0 Å². The zero-order valence-electron chi connectivity index (χ0n) is 15.2. The lowest BCUT2D eigenvalue weighted by molar-refractivity contribution is -0.153. The Morgan fingerprint density at radius 1 is 1.03 bits per heavy atom. The Hall–Kier alpha value is -2.68. The number of ether oxygens (including phenoxy) is 1. The van der Waals surface area contributed by atoms with Gasteiger partial charge in [0.25, 0.3) is 17.7 Å². The number of esters is 1. The van der Waals surface area contributed by atoms with Crippen LogP contribution in [-0.4, -0.2) is 41.2 Å². The first-order chi connectivity index (χ1) is 14.1. The van der Waals surface area contributed by atoms with Gasteiger partial charge >= 0.3 is 5.97 Å². The summed E-state index contributed by atoms with van der Waals surface area (Å²) in [7, 11) is 0. The van der Waals surface area contributed by atoms with E-state index in [1.54, 1.807) is 0 Å². The molecule has 7 nitrogen and oxygen atoms in total. The highest BCUT2D eigenvalue weighted by Crippen LogP contribution is 2.31. The predicted molar refractivity (Wildman–Crippen MR) is 107 cm³/mol. The molecule has 0 saturated heterocycles. The van der Waals surface area contributed by atoms with Gasteiger partial charge in [-0.2, -0.15) is 0 Å². The lowest BCUT2D eigenvalue weighted by Gasteiger charge is -2.17. The monoisotopic (exact) mass is 472 g/mol. The number of nitrogens with one attached hydrogen (secondary N) is 1. The number of rotatable bonds is 5. The van der Waals surface area contributed by atoms with E-state index in [2.05, 4.69) is 5.32 Å². The molecule has 1 heterocycles. The van der Waals surface area contributed by atoms with Crippen molar-refractivity contribution in [2.24, 2.45) is 0 Å². The molecular formula is C19H12Cl3FN2O5. The Balaban J connectivity index is 1.63. The molecule has 30 heavy (non-hydrogen) atoms. The van der Waals surface area contributed by atoms with Crippen LogP contribution in [0.25, 0.3) is 0 Å². The van der Waals surface area contributed by atoms with Gasteiger partial charge in [0.05, 0.1) is 31.9 Å². The summed E-state index contributed by atoms with van der Waals surface area (Å²) in [5, 5.41) is 2.53. The van der Waals surface area contributed by atoms with Crippen molar-refractivity contribution in [3.05, 3.63) is 62.3 Å². The Kier molecular flexibility index (Phi) is 6.30. The highest BCUT2D eigenvalue weighted by Gasteiger charge is 2.38. The topological polar surface area (TPSA) is 92.8 Å². The fourth-order valence-electron chi connectivity index (χ4n) is 2.67. The average molecular weight is 474 g/mol. The normalized spacial score (nSPS) is 13.8. The molecular weight excluding hydrogens is 462 g/mol. The second-order valence-electron chi connectivity index (χ2n) is 6.25. The zero-order chi connectivity index (χ0) is 22.2. The summed E-state index contributed by atoms with van der Waals surface area (Å²) in [6.45, 7) is 0.573. The highest BCUT2D eigenvalue weighted by atomic mass is 35.5. The Labute approximate surface area is 184 Å². The minimum atomic E-state index is -1.28. The number of nitrogens with zero attached hydrogens (tertiary/aromatic N) is 1. The lowest BCUT2D eigenvalue weighted by Crippen LogP contribution is -2.38. The number of carbonyl (C=O) groups is 4. The first-order valence-corrected chi connectivity index (χ1v) is 9.52. The summed E-state index contributed by atoms with van der Waals surface area (Å²) in [6.07, 6.45) is -1.28. The van der Waals surface area contributed by atoms with E-state index < -0.39 is 42.2 Å². The smallest absolute Gasteiger partial charge is 0.326 e. The van der Waals surface area contributed by atoms with Crippen LogP contribution in [0.15, 0.2) is 30.3 Å². The molecule has 0 fully saturated rings. The van der Waals surface area contributed by atoms with E-state index in [1.807, 2.05) is 0 Å². The van der Waals surface area contributed by atoms with Gasteiger partial charge in [-0.3, -0.25) is 24.1 Å². The second kappa shape index (κ2) is 8.59. The molecule has 1 aliphatic heterocycles. The molecule has 1 N–H and O–H groups in total. The van der Waals surface area contributed by atoms with Gasteiger partial charge in [0, 0.05) is 0 Å². The molecule has 2 aromatic carbocycles. The van der Waals surface area contributed by atoms with Crippen molar-refractivity contribution in [3.63, 3.8) is 0 Å². The fourth-order valence-corrected chi connectivity index (χ4v) is 3.21. The third-order valence-corrected chi connectivity index (χ3v) is 5.20. The van der Waals surface area contributed by atoms with Crippen molar-refractivity contribution in [3.8, 4) is 0 Å². The van der Waals surface area contributed by atoms with Crippen LogP contribution in [-0.2, 0) is 14.3 Å². The number of fused-ring (bicyclic) bond motifs is 1. The van der Waals surface area contributed by atoms with E-state index in [-0.39, 0.29) is 31.9 Å². The highest BCUT2D eigenvalue weighted by molar-refractivity contribution is 6.43. The summed E-state index contributed by atoms with van der Waals surface area (Å²) in [6, 6.07) is 5.84. The Morgan fingerprint density at radius 2 is 1.60 bits per heavy atom. The van der Waals surface area contributed by atoms with Crippen molar-refractivity contribution in [2.45, 2.75) is 13.0 Å². The maximum Gasteiger partial charge on any atom is 0.326 e. The number of amides is 3. The molecule has 0 aliphatic carbocycles. The summed E-state index contributed by atoms with van der Waals surface area (Å²) >= 11 is 17.6. The van der Waals surface area contributed by atoms with Crippen LogP contribution < -0.4 is 5.32 Å². The fraction of sp³-hybridized carbons (Fsp3) is 0.158. The van der Waals surface area contributed by atoms with E-state index in [0.29, 0.717) is 4.90 Å². The summed E-state index contributed by atoms with van der Waals surface area (Å²) in [5.74, 6) is -3.78. The van der Waals surface area contributed by atoms with Gasteiger partial charge in [0.2, 0.25) is 0 Å². The maximum atomic E-state index is 13.1. The van der Waals surface area contributed by atoms with Crippen molar-refractivity contribution in [2.75, 3.05) is 11.9 Å². The van der Waals surface area contributed by atoms with Crippen LogP contribution in [0.1, 0.15) is 27.6 Å². The van der Waals surface area contributed by atoms with Gasteiger partial charge in [-0.1, -0.05) is 34.8 Å². The molecule has 11 heteroatoms. The molecule has 1 unspecified atom stereocenters. The minimum Gasteiger partial charge on any atom is -0.451 e. The van der Waals surface area contributed by atoms with Gasteiger partial charge in [-0.15, -0.1) is 0 Å². The number of benzene rings is 2. The van der Waals surface area contributed by atoms with Gasteiger partial charge < -0.3 is 10.1 Å². The number of carbonyl (C=O) groups excluding carboxylic acids is 4. The standard InChI is InChI=1S/C19H12Cl3FN2O5/c1-8(17(27)24-15-3-2-9(23)4-14(15)22)30-16(26)7-25-18(28)10-5-12(20)13(21)6-11(10)19(25)29/h2-6,8H,7H2,1H3,(H,24,27). The molecule has 0 radical (unpaired) electrons. The van der Waals surface area contributed by atoms with Crippen LogP contribution in [0.2, 0.25) is 15.1 Å². The second-order valence-corrected chi connectivity index (χ2v) is 7.48. The van der Waals surface area contributed by atoms with Crippen molar-refractivity contribution in [1.29, 1.82) is 0 Å². The molecule has 156 valence electrons. The Bertz CT molecular complexity index is 1050. The van der Waals surface area contributed by atoms with Crippen molar-refractivity contribution >= 4 is 64.2 Å². The number of imide groups is 1. The van der Waals surface area contributed by atoms with E-state index in [1.165, 1.54) is 25.1 Å². The number of hydrogen-bond donors (Lipinski definition) is 1. The predicted octanol–water partition coefficient (Wildman–Crippen LogP) is 3.95. The summed E-state index contributed by atoms with van der Waals surface area (Å²) in [4.78, 5) is 49.8. The molecule has 0 saturated carbocycles. The summed E-state index contributed by atoms with van der Waals surface area (Å²) < 4.78 is 18.1. The van der Waals surface area contributed by atoms with Crippen LogP contribution in [0.4, 0.5) is 10.1 Å². The molecule has 0 spiro atoms. The number of hydrogen-bond acceptors (Lipinski definition) is 5. The molecule has 0 aromatic heterocycles. The largest absolute Gasteiger partial charge is 0.451 e. The zero-order valence-corrected chi connectivity index (χ0v) is 17.4. The number of halogens is 4. The summed E-state index contributed by atoms with van der Waals surface area (Å²) in [5.41, 5.74) is 0.151. The third-order valence-electron chi connectivity index (χ3n) is 4.17. The molecule has 1 atom stereocenters. The quantitative estimate of drug-likeness (QED) is 0.524. The van der Waals surface area contributed by atoms with Crippen LogP contribution in [0, 0.1) is 5.82 Å². The van der Waals surface area contributed by atoms with Crippen molar-refractivity contribution in [1.82, 2.24) is 4.90 Å². The Morgan fingerprint density at radius 3 is 2.13 bits per heavy atom. The molecule has 3 amide bonds. The maximum absolute atomic E-state index is 13.1. The molecule has 0 bridgehead atoms. The van der Waals surface area contributed by atoms with Gasteiger partial charge in [-0.05, 0) is 37.3 Å². The number of anilines is 1. The SMILES string of the molecule is CC(OC(=O)CN1C(=O)c2cc(Cl)c(Cl)cc2C1=O)C(=O)Nc1ccc(F)cc1Cl. The van der Waals surface area contributed by atoms with E-state index in [0.717, 1.165) is 12.1 Å². The average Bonchev–Trinajstić information content (AvgIpc) is 2.88. The van der Waals surface area contributed by atoms with Crippen LogP contribution >= 0.6 is 34.8 Å². The molecule has 1 aliphatic rings. The van der Waals surface area contributed by atoms with Gasteiger partial charge in [-0.25, -0.2) is 4.39 Å². The third kappa shape index (κ3) is 4.40. The van der Waals surface area contributed by atoms with E-state index in [4.69, 9.17) is 39.5 Å². The molecule has 2 aromatic rings. The van der Waals surface area contributed by atoms with Gasteiger partial charge in [0.15, 0.2) is 6.10 Å². The van der Waals surface area contributed by atoms with Gasteiger partial charge in [0.1, 0.15) is 12.4 Å².